The molecule has 1 aliphatic rings. The maximum atomic E-state index is 12.2. The summed E-state index contributed by atoms with van der Waals surface area (Å²) in [5.41, 5.74) is 0.709. The Morgan fingerprint density at radius 1 is 1.48 bits per heavy atom. The van der Waals surface area contributed by atoms with Gasteiger partial charge in [0.25, 0.3) is 0 Å². The van der Waals surface area contributed by atoms with Crippen molar-refractivity contribution in [2.45, 2.75) is 30.8 Å². The minimum atomic E-state index is -0.298. The minimum Gasteiger partial charge on any atom is -0.393 e. The smallest absolute Gasteiger partial charge is 0.321 e. The lowest BCUT2D eigenvalue weighted by atomic mass is 9.92. The van der Waals surface area contributed by atoms with Gasteiger partial charge in [0.05, 0.1) is 11.1 Å². The molecular weight excluding hydrogens is 308 g/mol. The fourth-order valence-electron chi connectivity index (χ4n) is 2.53. The lowest BCUT2D eigenvalue weighted by molar-refractivity contribution is 0.0820. The van der Waals surface area contributed by atoms with Crippen molar-refractivity contribution in [3.63, 3.8) is 0 Å². The minimum absolute atomic E-state index is 0.105. The van der Waals surface area contributed by atoms with Gasteiger partial charge >= 0.3 is 6.03 Å². The van der Waals surface area contributed by atoms with Gasteiger partial charge in [0, 0.05) is 23.7 Å². The van der Waals surface area contributed by atoms with Crippen LogP contribution in [-0.4, -0.2) is 41.5 Å². The molecule has 4 nitrogen and oxygen atoms in total. The molecule has 0 saturated carbocycles. The summed E-state index contributed by atoms with van der Waals surface area (Å²) in [4.78, 5) is 15.0. The predicted octanol–water partition coefficient (Wildman–Crippen LogP) is 3.69. The van der Waals surface area contributed by atoms with E-state index in [1.807, 2.05) is 25.3 Å². The zero-order chi connectivity index (χ0) is 15.4. The van der Waals surface area contributed by atoms with Crippen LogP contribution in [0.25, 0.3) is 0 Å². The molecule has 1 saturated heterocycles. The summed E-state index contributed by atoms with van der Waals surface area (Å²) >= 11 is 7.71. The van der Waals surface area contributed by atoms with Crippen LogP contribution in [0, 0.1) is 5.92 Å². The van der Waals surface area contributed by atoms with Crippen LogP contribution in [0.15, 0.2) is 23.1 Å². The van der Waals surface area contributed by atoms with Crippen LogP contribution in [-0.2, 0) is 0 Å². The zero-order valence-corrected chi connectivity index (χ0v) is 13.9. The number of urea groups is 1. The number of amides is 2. The highest BCUT2D eigenvalue weighted by molar-refractivity contribution is 7.98. The molecule has 116 valence electrons. The summed E-state index contributed by atoms with van der Waals surface area (Å²) in [6, 6.07) is 5.43. The third-order valence-corrected chi connectivity index (χ3v) is 5.13. The molecule has 21 heavy (non-hydrogen) atoms. The molecule has 0 radical (unpaired) electrons. The Bertz CT molecular complexity index is 502. The summed E-state index contributed by atoms with van der Waals surface area (Å²) in [6.07, 6.45) is 3.36. The molecule has 1 aromatic rings. The number of rotatable bonds is 3. The lowest BCUT2D eigenvalue weighted by Crippen LogP contribution is -2.42. The SMILES string of the molecule is CSc1ccc(NC(=O)N2CCC(C(C)O)CC2)cc1Cl. The van der Waals surface area contributed by atoms with E-state index >= 15 is 0 Å². The third kappa shape index (κ3) is 4.28. The Morgan fingerprint density at radius 3 is 2.67 bits per heavy atom. The van der Waals surface area contributed by atoms with Crippen molar-refractivity contribution in [1.82, 2.24) is 4.90 Å². The van der Waals surface area contributed by atoms with Gasteiger partial charge in [-0.05, 0) is 50.1 Å². The van der Waals surface area contributed by atoms with Gasteiger partial charge < -0.3 is 15.3 Å². The van der Waals surface area contributed by atoms with E-state index in [2.05, 4.69) is 5.32 Å². The molecule has 1 unspecified atom stereocenters. The first-order valence-electron chi connectivity index (χ1n) is 7.08. The Kier molecular flexibility index (Phi) is 5.79. The fourth-order valence-corrected chi connectivity index (χ4v) is 3.40. The number of likely N-dealkylation sites (tertiary alicyclic amines) is 1. The number of aliphatic hydroxyl groups excluding tert-OH is 1. The number of halogens is 1. The van der Waals surface area contributed by atoms with Gasteiger partial charge in [0.1, 0.15) is 0 Å². The van der Waals surface area contributed by atoms with Gasteiger partial charge in [-0.3, -0.25) is 0 Å². The Labute approximate surface area is 134 Å². The van der Waals surface area contributed by atoms with E-state index in [9.17, 15) is 9.90 Å². The van der Waals surface area contributed by atoms with Crippen molar-refractivity contribution >= 4 is 35.1 Å². The number of nitrogens with one attached hydrogen (secondary N) is 1. The summed E-state index contributed by atoms with van der Waals surface area (Å²) in [7, 11) is 0. The Balaban J connectivity index is 1.92. The average molecular weight is 329 g/mol. The van der Waals surface area contributed by atoms with Gasteiger partial charge in [-0.15, -0.1) is 11.8 Å². The molecule has 1 aromatic carbocycles. The van der Waals surface area contributed by atoms with Crippen molar-refractivity contribution < 1.29 is 9.90 Å². The van der Waals surface area contributed by atoms with Crippen molar-refractivity contribution in [2.24, 2.45) is 5.92 Å². The van der Waals surface area contributed by atoms with Crippen LogP contribution in [0.1, 0.15) is 19.8 Å². The molecule has 6 heteroatoms. The molecule has 2 rings (SSSR count). The second-order valence-corrected chi connectivity index (χ2v) is 6.60. The second-order valence-electron chi connectivity index (χ2n) is 5.34. The van der Waals surface area contributed by atoms with Crippen LogP contribution in [0.4, 0.5) is 10.5 Å². The van der Waals surface area contributed by atoms with Gasteiger partial charge in [0.2, 0.25) is 0 Å². The highest BCUT2D eigenvalue weighted by atomic mass is 35.5. The van der Waals surface area contributed by atoms with E-state index < -0.39 is 0 Å². The monoisotopic (exact) mass is 328 g/mol. The second kappa shape index (κ2) is 7.38. The van der Waals surface area contributed by atoms with Gasteiger partial charge in [0.15, 0.2) is 0 Å². The molecule has 1 heterocycles. The van der Waals surface area contributed by atoms with E-state index in [1.165, 1.54) is 0 Å². The number of carbonyl (C=O) groups excluding carboxylic acids is 1. The molecule has 1 fully saturated rings. The van der Waals surface area contributed by atoms with Crippen LogP contribution in [0.2, 0.25) is 5.02 Å². The van der Waals surface area contributed by atoms with Crippen molar-refractivity contribution in [2.75, 3.05) is 24.7 Å². The number of carbonyl (C=O) groups is 1. The number of thioether (sulfide) groups is 1. The number of anilines is 1. The fraction of sp³-hybridized carbons (Fsp3) is 0.533. The molecular formula is C15H21ClN2O2S. The highest BCUT2D eigenvalue weighted by Crippen LogP contribution is 2.28. The van der Waals surface area contributed by atoms with Gasteiger partial charge in [-0.1, -0.05) is 11.6 Å². The lowest BCUT2D eigenvalue weighted by Gasteiger charge is -2.33. The van der Waals surface area contributed by atoms with Crippen molar-refractivity contribution in [1.29, 1.82) is 0 Å². The predicted molar refractivity (Wildman–Crippen MR) is 88.2 cm³/mol. The number of piperidine rings is 1. The first-order chi connectivity index (χ1) is 10.0. The van der Waals surface area contributed by atoms with Crippen LogP contribution in [0.3, 0.4) is 0 Å². The molecule has 1 aliphatic heterocycles. The quantitative estimate of drug-likeness (QED) is 0.832. The van der Waals surface area contributed by atoms with Gasteiger partial charge in [-0.2, -0.15) is 0 Å². The van der Waals surface area contributed by atoms with E-state index in [4.69, 9.17) is 11.6 Å². The largest absolute Gasteiger partial charge is 0.393 e. The van der Waals surface area contributed by atoms with Crippen molar-refractivity contribution in [3.8, 4) is 0 Å². The summed E-state index contributed by atoms with van der Waals surface area (Å²) in [5, 5.41) is 13.1. The molecule has 2 amide bonds. The van der Waals surface area contributed by atoms with Gasteiger partial charge in [-0.25, -0.2) is 4.79 Å². The highest BCUT2D eigenvalue weighted by Gasteiger charge is 2.25. The molecule has 1 atom stereocenters. The van der Waals surface area contributed by atoms with Crippen LogP contribution >= 0.6 is 23.4 Å². The topological polar surface area (TPSA) is 52.6 Å². The Hall–Kier alpha value is -0.910. The van der Waals surface area contributed by atoms with E-state index in [0.29, 0.717) is 29.7 Å². The van der Waals surface area contributed by atoms with Crippen LogP contribution in [0.5, 0.6) is 0 Å². The molecule has 0 aliphatic carbocycles. The maximum Gasteiger partial charge on any atom is 0.321 e. The molecule has 2 N–H and O–H groups in total. The van der Waals surface area contributed by atoms with E-state index in [1.54, 1.807) is 22.7 Å². The molecule has 0 bridgehead atoms. The first-order valence-corrected chi connectivity index (χ1v) is 8.69. The van der Waals surface area contributed by atoms with E-state index in [-0.39, 0.29) is 12.1 Å². The van der Waals surface area contributed by atoms with Crippen molar-refractivity contribution in [3.05, 3.63) is 23.2 Å². The standard InChI is InChI=1S/C15H21ClN2O2S/c1-10(19)11-5-7-18(8-6-11)15(20)17-12-3-4-14(21-2)13(16)9-12/h3-4,9-11,19H,5-8H2,1-2H3,(H,17,20). The number of benzene rings is 1. The normalized spacial score (nSPS) is 17.6. The average Bonchev–Trinajstić information content (AvgIpc) is 2.47. The maximum absolute atomic E-state index is 12.2. The third-order valence-electron chi connectivity index (χ3n) is 3.91. The number of hydrogen-bond acceptors (Lipinski definition) is 3. The summed E-state index contributed by atoms with van der Waals surface area (Å²) in [5.74, 6) is 0.296. The number of hydrogen-bond donors (Lipinski definition) is 2. The van der Waals surface area contributed by atoms with Crippen LogP contribution < -0.4 is 5.32 Å². The van der Waals surface area contributed by atoms with E-state index in [0.717, 1.165) is 17.7 Å². The number of nitrogens with zero attached hydrogens (tertiary/aromatic N) is 1. The Morgan fingerprint density at radius 2 is 2.14 bits per heavy atom. The zero-order valence-electron chi connectivity index (χ0n) is 12.3. The molecule has 0 spiro atoms. The first kappa shape index (κ1) is 16.5. The molecule has 0 aromatic heterocycles. The number of aliphatic hydroxyl groups is 1. The summed E-state index contributed by atoms with van der Waals surface area (Å²) < 4.78 is 0. The summed E-state index contributed by atoms with van der Waals surface area (Å²) in [6.45, 7) is 3.17.